The molecule has 1 unspecified atom stereocenters. The number of aromatic nitrogens is 3. The maximum atomic E-state index is 16.7. The Labute approximate surface area is 319 Å². The number of aryl methyl sites for hydroxylation is 1. The summed E-state index contributed by atoms with van der Waals surface area (Å²) in [6.07, 6.45) is 4.13. The van der Waals surface area contributed by atoms with Crippen molar-refractivity contribution < 1.29 is 44.6 Å². The van der Waals surface area contributed by atoms with Crippen molar-refractivity contribution in [3.8, 4) is 29.6 Å². The smallest absolute Gasteiger partial charge is 0.426 e. The quantitative estimate of drug-likeness (QED) is 0.135. The van der Waals surface area contributed by atoms with Crippen molar-refractivity contribution in [2.24, 2.45) is 5.92 Å². The molecule has 7 rings (SSSR count). The van der Waals surface area contributed by atoms with Crippen molar-refractivity contribution >= 4 is 27.5 Å². The molecule has 3 aliphatic rings. The molecule has 3 saturated heterocycles. The molecular weight excluding hydrogens is 748 g/mol. The summed E-state index contributed by atoms with van der Waals surface area (Å²) >= 11 is 0. The zero-order valence-electron chi connectivity index (χ0n) is 31.1. The van der Waals surface area contributed by atoms with Crippen LogP contribution in [-0.2, 0) is 11.2 Å². The number of alkyl halides is 6. The van der Waals surface area contributed by atoms with Gasteiger partial charge in [0.25, 0.3) is 5.60 Å². The Kier molecular flexibility index (Phi) is 12.0. The Morgan fingerprint density at radius 3 is 2.32 bits per heavy atom. The molecule has 0 radical (unpaired) electrons. The highest BCUT2D eigenvalue weighted by Gasteiger charge is 2.68. The van der Waals surface area contributed by atoms with Gasteiger partial charge in [-0.25, -0.2) is 13.8 Å². The van der Waals surface area contributed by atoms with Gasteiger partial charge in [-0.3, -0.25) is 4.90 Å². The fourth-order valence-electron chi connectivity index (χ4n) is 8.10. The molecule has 3 N–H and O–H groups in total. The highest BCUT2D eigenvalue weighted by Crippen LogP contribution is 2.45. The predicted molar refractivity (Wildman–Crippen MR) is 197 cm³/mol. The lowest BCUT2D eigenvalue weighted by atomic mass is 9.94. The fraction of sp³-hybridized carbons (Fsp3) is 0.525. The average Bonchev–Trinajstić information content (AvgIpc) is 3.63. The minimum atomic E-state index is -5.46. The van der Waals surface area contributed by atoms with Crippen LogP contribution in [0.15, 0.2) is 30.3 Å². The highest BCUT2D eigenvalue weighted by molar-refractivity contribution is 6.02. The van der Waals surface area contributed by atoms with E-state index >= 15 is 4.39 Å². The Morgan fingerprint density at radius 2 is 1.68 bits per heavy atom. The number of terminal acetylenes is 1. The minimum Gasteiger partial charge on any atom is -0.461 e. The number of benzene rings is 2. The first kappa shape index (κ1) is 41.3. The molecule has 2 aromatic carbocycles. The Balaban J connectivity index is 0.000000385. The van der Waals surface area contributed by atoms with Crippen LogP contribution in [0.5, 0.6) is 6.01 Å². The number of rotatable bonds is 8. The number of nitrogen functional groups attached to an aromatic ring is 1. The van der Waals surface area contributed by atoms with E-state index in [0.717, 1.165) is 71.1 Å². The van der Waals surface area contributed by atoms with E-state index in [1.165, 1.54) is 12.5 Å². The molecule has 16 heteroatoms. The summed E-state index contributed by atoms with van der Waals surface area (Å²) in [4.78, 5) is 16.5. The number of nitrogens with one attached hydrogen (secondary N) is 1. The Morgan fingerprint density at radius 1 is 0.964 bits per heavy atom. The Hall–Kier alpha value is -4.33. The third-order valence-corrected chi connectivity index (χ3v) is 11.5. The number of anilines is 1. The van der Waals surface area contributed by atoms with E-state index < -0.39 is 29.6 Å². The van der Waals surface area contributed by atoms with Crippen LogP contribution in [0, 0.1) is 29.9 Å². The number of fused-ring (bicyclic) bond motifs is 3. The molecule has 0 spiro atoms. The van der Waals surface area contributed by atoms with Crippen LogP contribution >= 0.6 is 0 Å². The number of methoxy groups -OCH3 is 1. The highest BCUT2D eigenvalue weighted by atomic mass is 19.4. The van der Waals surface area contributed by atoms with Crippen LogP contribution in [-0.4, -0.2) is 83.2 Å². The summed E-state index contributed by atoms with van der Waals surface area (Å²) in [6, 6.07) is 8.41. The lowest BCUT2D eigenvalue weighted by Gasteiger charge is -2.32. The van der Waals surface area contributed by atoms with Crippen molar-refractivity contribution in [2.75, 3.05) is 45.6 Å². The summed E-state index contributed by atoms with van der Waals surface area (Å²) in [5.74, 6) is 1.90. The van der Waals surface area contributed by atoms with Crippen molar-refractivity contribution in [3.63, 3.8) is 0 Å². The van der Waals surface area contributed by atoms with E-state index in [9.17, 15) is 30.7 Å². The molecule has 4 aromatic rings. The number of halogens is 8. The molecule has 8 nitrogen and oxygen atoms in total. The zero-order valence-corrected chi connectivity index (χ0v) is 31.1. The van der Waals surface area contributed by atoms with Gasteiger partial charge in [0, 0.05) is 18.1 Å². The first-order valence-electron chi connectivity index (χ1n) is 18.6. The molecule has 1 atom stereocenters. The normalized spacial score (nSPS) is 19.0. The van der Waals surface area contributed by atoms with Crippen LogP contribution in [0.25, 0.3) is 32.9 Å². The number of hydrogen-bond acceptors (Lipinski definition) is 8. The van der Waals surface area contributed by atoms with Gasteiger partial charge in [0.05, 0.1) is 22.2 Å². The zero-order chi connectivity index (χ0) is 40.5. The molecule has 0 aliphatic carbocycles. The van der Waals surface area contributed by atoms with Crippen molar-refractivity contribution in [2.45, 2.75) is 88.2 Å². The van der Waals surface area contributed by atoms with Crippen LogP contribution < -0.4 is 15.8 Å². The van der Waals surface area contributed by atoms with Crippen molar-refractivity contribution in [1.29, 1.82) is 0 Å². The van der Waals surface area contributed by atoms with E-state index in [1.54, 1.807) is 18.2 Å². The number of hydrogen-bond donors (Lipinski definition) is 2. The predicted octanol–water partition coefficient (Wildman–Crippen LogP) is 8.53. The average molecular weight is 793 g/mol. The van der Waals surface area contributed by atoms with Crippen LogP contribution in [0.3, 0.4) is 0 Å². The lowest BCUT2D eigenvalue weighted by Crippen LogP contribution is -2.55. The minimum absolute atomic E-state index is 0.0222. The van der Waals surface area contributed by atoms with Gasteiger partial charge in [0.15, 0.2) is 5.82 Å². The molecule has 0 amide bonds. The van der Waals surface area contributed by atoms with Gasteiger partial charge in [0.1, 0.15) is 29.5 Å². The lowest BCUT2D eigenvalue weighted by molar-refractivity contribution is -0.367. The van der Waals surface area contributed by atoms with Crippen LogP contribution in [0.4, 0.5) is 40.9 Å². The maximum Gasteiger partial charge on any atom is 0.426 e. The number of nitrogens with zero attached hydrogens (tertiary/aromatic N) is 4. The molecule has 302 valence electrons. The summed E-state index contributed by atoms with van der Waals surface area (Å²) in [5.41, 5.74) is 3.70. The van der Waals surface area contributed by atoms with Gasteiger partial charge in [-0.2, -0.15) is 36.3 Å². The monoisotopic (exact) mass is 792 g/mol. The topological polar surface area (TPSA) is 98.4 Å². The molecule has 3 fully saturated rings. The van der Waals surface area contributed by atoms with Gasteiger partial charge in [0.2, 0.25) is 0 Å². The second kappa shape index (κ2) is 16.3. The number of nitrogens with two attached hydrogens (primary N) is 1. The SMILES string of the molecule is C#Cc1c(F)ccc2cccc(-c3nc(CCC4CCCCNC4)c4c(N)nc(OCC56CCCN5CCC6)nc4c3F)c12.COC(C)(C(F)(F)F)C(F)(F)F. The molecule has 0 bridgehead atoms. The largest absolute Gasteiger partial charge is 0.461 e. The molecular formula is C40H44F8N6O2. The molecule has 2 aromatic heterocycles. The van der Waals surface area contributed by atoms with Gasteiger partial charge >= 0.3 is 18.4 Å². The van der Waals surface area contributed by atoms with Gasteiger partial charge in [-0.15, -0.1) is 6.42 Å². The third kappa shape index (κ3) is 7.95. The summed E-state index contributed by atoms with van der Waals surface area (Å²) in [5, 5.41) is 5.08. The van der Waals surface area contributed by atoms with E-state index in [1.807, 2.05) is 6.07 Å². The second-order valence-electron chi connectivity index (χ2n) is 14.9. The van der Waals surface area contributed by atoms with Gasteiger partial charge in [-0.05, 0) is 102 Å². The first-order chi connectivity index (χ1) is 26.5. The van der Waals surface area contributed by atoms with Crippen LogP contribution in [0.1, 0.15) is 69.5 Å². The van der Waals surface area contributed by atoms with E-state index in [4.69, 9.17) is 21.9 Å². The summed E-state index contributed by atoms with van der Waals surface area (Å²) < 4.78 is 112. The molecule has 3 aliphatic heterocycles. The fourth-order valence-corrected chi connectivity index (χ4v) is 8.10. The van der Waals surface area contributed by atoms with Gasteiger partial charge < -0.3 is 20.5 Å². The molecule has 5 heterocycles. The summed E-state index contributed by atoms with van der Waals surface area (Å²) in [6.45, 7) is 4.47. The van der Waals surface area contributed by atoms with E-state index in [-0.39, 0.29) is 41.1 Å². The van der Waals surface area contributed by atoms with Crippen LogP contribution in [0.2, 0.25) is 0 Å². The number of pyridine rings is 1. The van der Waals surface area contributed by atoms with Crippen molar-refractivity contribution in [3.05, 3.63) is 53.2 Å². The Bertz CT molecular complexity index is 2070. The molecule has 56 heavy (non-hydrogen) atoms. The molecule has 0 saturated carbocycles. The maximum absolute atomic E-state index is 16.7. The second-order valence-corrected chi connectivity index (χ2v) is 14.9. The number of ether oxygens (including phenoxy) is 2. The van der Waals surface area contributed by atoms with Gasteiger partial charge in [-0.1, -0.05) is 36.6 Å². The third-order valence-electron chi connectivity index (χ3n) is 11.5. The standard InChI is InChI=1S/C35H38F2N6O.C5H6F6O/c1-2-24-26(36)13-12-23-9-5-10-25(28(23)24)31-30(37)32-29(27(40-31)14-11-22-8-3-4-17-39-20-22)33(38)42-34(41-32)44-21-35-15-6-18-43(35)19-7-16-35;1-3(12-2,4(6,7)8)5(9,10)11/h1,5,9-10,12-13,22,39H,3-4,6-8,11,14-21H2,(H2,38,41,42);1-2H3. The summed E-state index contributed by atoms with van der Waals surface area (Å²) in [7, 11) is 0.362. The van der Waals surface area contributed by atoms with E-state index in [0.29, 0.717) is 53.5 Å². The first-order valence-corrected chi connectivity index (χ1v) is 18.6. The van der Waals surface area contributed by atoms with E-state index in [2.05, 4.69) is 30.8 Å². The van der Waals surface area contributed by atoms with Crippen molar-refractivity contribution in [1.82, 2.24) is 25.2 Å².